The van der Waals surface area contributed by atoms with Crippen LogP contribution in [0.25, 0.3) is 0 Å². The lowest BCUT2D eigenvalue weighted by atomic mass is 10.1. The van der Waals surface area contributed by atoms with Crippen molar-refractivity contribution in [3.63, 3.8) is 0 Å². The summed E-state index contributed by atoms with van der Waals surface area (Å²) in [5.74, 6) is 0. The molecule has 0 aliphatic heterocycles. The molecule has 1 unspecified atom stereocenters. The van der Waals surface area contributed by atoms with E-state index >= 15 is 0 Å². The lowest BCUT2D eigenvalue weighted by molar-refractivity contribution is 0.211. The number of hydrogen-bond donors (Lipinski definition) is 0. The first kappa shape index (κ1) is 13.8. The topological polar surface area (TPSA) is 43.4 Å². The lowest BCUT2D eigenvalue weighted by Gasteiger charge is -2.15. The lowest BCUT2D eigenvalue weighted by Crippen LogP contribution is -2.09. The zero-order chi connectivity index (χ0) is 12.3. The van der Waals surface area contributed by atoms with Crippen LogP contribution in [0.5, 0.6) is 0 Å². The first-order chi connectivity index (χ1) is 7.31. The van der Waals surface area contributed by atoms with E-state index in [-0.39, 0.29) is 0 Å². The van der Waals surface area contributed by atoms with Crippen molar-refractivity contribution in [1.82, 2.24) is 0 Å². The fraction of sp³-hybridized carbons (Fsp3) is 0.400. The highest BCUT2D eigenvalue weighted by Crippen LogP contribution is 2.28. The first-order valence-electron chi connectivity index (χ1n) is 4.66. The van der Waals surface area contributed by atoms with Gasteiger partial charge >= 0.3 is 0 Å². The monoisotopic (exact) mass is 282 g/mol. The molecule has 0 heterocycles. The fourth-order valence-corrected chi connectivity index (χ4v) is 2.54. The Balaban J connectivity index is 3.04. The molecule has 0 saturated heterocycles. The van der Waals surface area contributed by atoms with Crippen molar-refractivity contribution in [2.75, 3.05) is 6.26 Å². The van der Waals surface area contributed by atoms with Gasteiger partial charge in [0.05, 0.1) is 6.26 Å². The minimum absolute atomic E-state index is 0.457. The molecule has 0 aromatic heterocycles. The van der Waals surface area contributed by atoms with Crippen LogP contribution in [0.3, 0.4) is 0 Å². The number of rotatable bonds is 4. The van der Waals surface area contributed by atoms with E-state index in [0.29, 0.717) is 22.0 Å². The summed E-state index contributed by atoms with van der Waals surface area (Å²) in [7, 11) is -3.50. The quantitative estimate of drug-likeness (QED) is 0.795. The van der Waals surface area contributed by atoms with Gasteiger partial charge < -0.3 is 0 Å². The summed E-state index contributed by atoms with van der Waals surface area (Å²) >= 11 is 11.7. The summed E-state index contributed by atoms with van der Waals surface area (Å²) in [4.78, 5) is 0. The minimum atomic E-state index is -3.50. The molecular formula is C10H12Cl2O3S. The van der Waals surface area contributed by atoms with Gasteiger partial charge in [0.25, 0.3) is 10.1 Å². The van der Waals surface area contributed by atoms with Crippen LogP contribution in [0.4, 0.5) is 0 Å². The van der Waals surface area contributed by atoms with Gasteiger partial charge in [0.2, 0.25) is 0 Å². The van der Waals surface area contributed by atoms with Gasteiger partial charge in [-0.15, -0.1) is 0 Å². The maximum absolute atomic E-state index is 11.1. The predicted molar refractivity (Wildman–Crippen MR) is 65.4 cm³/mol. The van der Waals surface area contributed by atoms with E-state index in [2.05, 4.69) is 0 Å². The highest BCUT2D eigenvalue weighted by Gasteiger charge is 2.16. The van der Waals surface area contributed by atoms with Crippen LogP contribution in [0.2, 0.25) is 10.0 Å². The summed E-state index contributed by atoms with van der Waals surface area (Å²) in [6.45, 7) is 1.82. The molecule has 0 bridgehead atoms. The van der Waals surface area contributed by atoms with Gasteiger partial charge in [-0.3, -0.25) is 4.18 Å². The zero-order valence-corrected chi connectivity index (χ0v) is 11.2. The van der Waals surface area contributed by atoms with Crippen molar-refractivity contribution in [2.45, 2.75) is 19.4 Å². The number of hydrogen-bond acceptors (Lipinski definition) is 3. The normalized spacial score (nSPS) is 13.8. The van der Waals surface area contributed by atoms with Crippen LogP contribution in [0.15, 0.2) is 18.2 Å². The molecule has 0 N–H and O–H groups in total. The van der Waals surface area contributed by atoms with Crippen LogP contribution in [-0.4, -0.2) is 14.7 Å². The largest absolute Gasteiger partial charge is 0.264 e. The third-order valence-electron chi connectivity index (χ3n) is 1.92. The standard InChI is InChI=1S/C10H12Cl2O3S/c1-3-10(15-16(2,13)14)7-4-8(11)6-9(12)5-7/h4-6,10H,3H2,1-2H3. The van der Waals surface area contributed by atoms with Gasteiger partial charge in [-0.1, -0.05) is 30.1 Å². The summed E-state index contributed by atoms with van der Waals surface area (Å²) in [5, 5.41) is 0.913. The first-order valence-corrected chi connectivity index (χ1v) is 7.23. The van der Waals surface area contributed by atoms with Crippen LogP contribution >= 0.6 is 23.2 Å². The SMILES string of the molecule is CCC(OS(C)(=O)=O)c1cc(Cl)cc(Cl)c1. The fourth-order valence-electron chi connectivity index (χ4n) is 1.33. The van der Waals surface area contributed by atoms with Crippen molar-refractivity contribution < 1.29 is 12.6 Å². The molecule has 0 aliphatic carbocycles. The predicted octanol–water partition coefficient (Wildman–Crippen LogP) is 3.42. The average molecular weight is 283 g/mol. The van der Waals surface area contributed by atoms with Gasteiger partial charge in [0.15, 0.2) is 0 Å². The van der Waals surface area contributed by atoms with Gasteiger partial charge in [-0.2, -0.15) is 8.42 Å². The second-order valence-corrected chi connectivity index (χ2v) is 5.87. The van der Waals surface area contributed by atoms with E-state index in [9.17, 15) is 8.42 Å². The molecule has 0 aliphatic rings. The number of halogens is 2. The minimum Gasteiger partial charge on any atom is -0.262 e. The van der Waals surface area contributed by atoms with Crippen molar-refractivity contribution in [2.24, 2.45) is 0 Å². The van der Waals surface area contributed by atoms with Gasteiger partial charge in [-0.25, -0.2) is 0 Å². The maximum Gasteiger partial charge on any atom is 0.264 e. The van der Waals surface area contributed by atoms with Gasteiger partial charge in [0, 0.05) is 10.0 Å². The third-order valence-corrected chi connectivity index (χ3v) is 2.94. The maximum atomic E-state index is 11.1. The highest BCUT2D eigenvalue weighted by molar-refractivity contribution is 7.86. The molecule has 0 spiro atoms. The molecule has 0 saturated carbocycles. The molecule has 6 heteroatoms. The molecule has 90 valence electrons. The molecule has 0 amide bonds. The molecule has 1 atom stereocenters. The second kappa shape index (κ2) is 5.36. The Morgan fingerprint density at radius 2 is 1.75 bits per heavy atom. The smallest absolute Gasteiger partial charge is 0.262 e. The summed E-state index contributed by atoms with van der Waals surface area (Å²) in [6.07, 6.45) is 0.983. The van der Waals surface area contributed by atoms with E-state index in [1.54, 1.807) is 18.2 Å². The molecule has 16 heavy (non-hydrogen) atoms. The summed E-state index contributed by atoms with van der Waals surface area (Å²) in [5.41, 5.74) is 0.658. The Morgan fingerprint density at radius 1 is 1.25 bits per heavy atom. The third kappa shape index (κ3) is 4.29. The van der Waals surface area contributed by atoms with E-state index in [4.69, 9.17) is 27.4 Å². The van der Waals surface area contributed by atoms with E-state index < -0.39 is 16.2 Å². The highest BCUT2D eigenvalue weighted by atomic mass is 35.5. The van der Waals surface area contributed by atoms with Crippen molar-refractivity contribution in [3.8, 4) is 0 Å². The second-order valence-electron chi connectivity index (χ2n) is 3.40. The Morgan fingerprint density at radius 3 is 2.12 bits per heavy atom. The van der Waals surface area contributed by atoms with Crippen LogP contribution < -0.4 is 0 Å². The molecule has 3 nitrogen and oxygen atoms in total. The van der Waals surface area contributed by atoms with Crippen LogP contribution in [0, 0.1) is 0 Å². The van der Waals surface area contributed by atoms with E-state index in [0.717, 1.165) is 6.26 Å². The summed E-state index contributed by atoms with van der Waals surface area (Å²) in [6, 6.07) is 4.87. The average Bonchev–Trinajstić information content (AvgIpc) is 2.11. The Bertz CT molecular complexity index is 451. The van der Waals surface area contributed by atoms with E-state index in [1.165, 1.54) is 0 Å². The molecule has 0 fully saturated rings. The molecule has 1 aromatic carbocycles. The Kier molecular flexibility index (Phi) is 4.62. The zero-order valence-electron chi connectivity index (χ0n) is 8.91. The molecular weight excluding hydrogens is 271 g/mol. The van der Waals surface area contributed by atoms with Crippen molar-refractivity contribution >= 4 is 33.3 Å². The van der Waals surface area contributed by atoms with Crippen molar-refractivity contribution in [3.05, 3.63) is 33.8 Å². The molecule has 1 rings (SSSR count). The number of benzene rings is 1. The van der Waals surface area contributed by atoms with Crippen LogP contribution in [0.1, 0.15) is 25.0 Å². The Hall–Kier alpha value is -0.290. The van der Waals surface area contributed by atoms with Crippen LogP contribution in [-0.2, 0) is 14.3 Å². The van der Waals surface area contributed by atoms with E-state index in [1.807, 2.05) is 6.92 Å². The van der Waals surface area contributed by atoms with Crippen molar-refractivity contribution in [1.29, 1.82) is 0 Å². The van der Waals surface area contributed by atoms with Gasteiger partial charge in [0.1, 0.15) is 6.10 Å². The Labute approximate surface area is 105 Å². The molecule has 0 radical (unpaired) electrons. The summed E-state index contributed by atoms with van der Waals surface area (Å²) < 4.78 is 27.0. The molecule has 1 aromatic rings. The van der Waals surface area contributed by atoms with Gasteiger partial charge in [-0.05, 0) is 30.2 Å².